The van der Waals surface area contributed by atoms with Crippen molar-refractivity contribution in [2.75, 3.05) is 26.7 Å². The number of benzene rings is 3. The smallest absolute Gasteiger partial charge is 0.257 e. The van der Waals surface area contributed by atoms with E-state index in [2.05, 4.69) is 66.4 Å². The Morgan fingerprint density at radius 1 is 0.944 bits per heavy atom. The molecular formula is C31H35N3O2. The molecule has 1 amide bonds. The van der Waals surface area contributed by atoms with Crippen LogP contribution in [-0.2, 0) is 11.2 Å². The number of hydrogen-bond acceptors (Lipinski definition) is 4. The number of hydrogen-bond donors (Lipinski definition) is 0. The minimum atomic E-state index is -0.166. The van der Waals surface area contributed by atoms with Crippen LogP contribution in [0.3, 0.4) is 0 Å². The number of piperidine rings is 1. The van der Waals surface area contributed by atoms with Crippen molar-refractivity contribution in [3.8, 4) is 5.75 Å². The van der Waals surface area contributed by atoms with Gasteiger partial charge in [-0.2, -0.15) is 5.10 Å². The SMILES string of the molecule is COc1ccccc1[C@@H]1CC(c2ccc(C)cc2)=NN1C(=O)CN1CCC(Cc2ccccc2)CC1. The monoisotopic (exact) mass is 481 g/mol. The van der Waals surface area contributed by atoms with Gasteiger partial charge in [0.1, 0.15) is 5.75 Å². The van der Waals surface area contributed by atoms with E-state index in [4.69, 9.17) is 9.84 Å². The Kier molecular flexibility index (Phi) is 7.47. The first-order chi connectivity index (χ1) is 17.6. The molecule has 2 aliphatic heterocycles. The molecule has 3 aromatic carbocycles. The first-order valence-corrected chi connectivity index (χ1v) is 13.0. The highest BCUT2D eigenvalue weighted by Crippen LogP contribution is 2.37. The van der Waals surface area contributed by atoms with Crippen molar-refractivity contribution < 1.29 is 9.53 Å². The summed E-state index contributed by atoms with van der Waals surface area (Å²) in [6.07, 6.45) is 4.04. The number of para-hydroxylation sites is 1. The number of carbonyl (C=O) groups is 1. The highest BCUT2D eigenvalue weighted by Gasteiger charge is 2.35. The molecule has 0 radical (unpaired) electrons. The van der Waals surface area contributed by atoms with E-state index >= 15 is 0 Å². The van der Waals surface area contributed by atoms with Gasteiger partial charge in [-0.25, -0.2) is 5.01 Å². The Balaban J connectivity index is 1.29. The molecule has 0 bridgehead atoms. The minimum absolute atomic E-state index is 0.0505. The molecule has 2 heterocycles. The highest BCUT2D eigenvalue weighted by molar-refractivity contribution is 6.03. The quantitative estimate of drug-likeness (QED) is 0.439. The fourth-order valence-electron chi connectivity index (χ4n) is 5.40. The van der Waals surface area contributed by atoms with E-state index in [1.165, 1.54) is 11.1 Å². The second-order valence-corrected chi connectivity index (χ2v) is 10.0. The third-order valence-corrected chi connectivity index (χ3v) is 7.48. The van der Waals surface area contributed by atoms with Crippen molar-refractivity contribution in [2.45, 2.75) is 38.6 Å². The molecule has 0 aliphatic carbocycles. The second kappa shape index (κ2) is 11.1. The van der Waals surface area contributed by atoms with Crippen LogP contribution in [-0.4, -0.2) is 48.3 Å². The van der Waals surface area contributed by atoms with Crippen LogP contribution in [0.2, 0.25) is 0 Å². The summed E-state index contributed by atoms with van der Waals surface area (Å²) in [5.41, 5.74) is 5.63. The van der Waals surface area contributed by atoms with Crippen LogP contribution in [0, 0.1) is 12.8 Å². The maximum Gasteiger partial charge on any atom is 0.257 e. The third kappa shape index (κ3) is 5.52. The second-order valence-electron chi connectivity index (χ2n) is 10.0. The zero-order valence-corrected chi connectivity index (χ0v) is 21.3. The van der Waals surface area contributed by atoms with Gasteiger partial charge >= 0.3 is 0 Å². The number of hydrazone groups is 1. The van der Waals surface area contributed by atoms with Crippen LogP contribution < -0.4 is 4.74 Å². The van der Waals surface area contributed by atoms with Crippen molar-refractivity contribution >= 4 is 11.6 Å². The predicted molar refractivity (Wildman–Crippen MR) is 144 cm³/mol. The summed E-state index contributed by atoms with van der Waals surface area (Å²) >= 11 is 0. The number of ether oxygens (including phenoxy) is 1. The Labute approximate surface area is 214 Å². The summed E-state index contributed by atoms with van der Waals surface area (Å²) in [7, 11) is 1.68. The van der Waals surface area contributed by atoms with Crippen LogP contribution >= 0.6 is 0 Å². The van der Waals surface area contributed by atoms with Crippen molar-refractivity contribution in [1.82, 2.24) is 9.91 Å². The average Bonchev–Trinajstić information content (AvgIpc) is 3.36. The zero-order chi connectivity index (χ0) is 24.9. The van der Waals surface area contributed by atoms with E-state index in [-0.39, 0.29) is 11.9 Å². The lowest BCUT2D eigenvalue weighted by molar-refractivity contribution is -0.134. The van der Waals surface area contributed by atoms with Gasteiger partial charge in [-0.15, -0.1) is 0 Å². The first kappa shape index (κ1) is 24.3. The summed E-state index contributed by atoms with van der Waals surface area (Å²) in [6.45, 7) is 4.38. The molecule has 0 unspecified atom stereocenters. The fraction of sp³-hybridized carbons (Fsp3) is 0.355. The third-order valence-electron chi connectivity index (χ3n) is 7.48. The highest BCUT2D eigenvalue weighted by atomic mass is 16.5. The predicted octanol–water partition coefficient (Wildman–Crippen LogP) is 5.64. The van der Waals surface area contributed by atoms with Gasteiger partial charge in [0.15, 0.2) is 0 Å². The average molecular weight is 482 g/mol. The van der Waals surface area contributed by atoms with Gasteiger partial charge in [-0.1, -0.05) is 78.4 Å². The molecular weight excluding hydrogens is 446 g/mol. The molecule has 0 aromatic heterocycles. The molecule has 5 nitrogen and oxygen atoms in total. The number of amides is 1. The van der Waals surface area contributed by atoms with Gasteiger partial charge in [0.05, 0.1) is 25.4 Å². The number of nitrogens with zero attached hydrogens (tertiary/aromatic N) is 3. The Morgan fingerprint density at radius 2 is 1.64 bits per heavy atom. The van der Waals surface area contributed by atoms with Crippen LogP contribution in [0.5, 0.6) is 5.75 Å². The van der Waals surface area contributed by atoms with Crippen molar-refractivity contribution in [3.63, 3.8) is 0 Å². The van der Waals surface area contributed by atoms with Crippen LogP contribution in [0.4, 0.5) is 0 Å². The number of rotatable bonds is 7. The Morgan fingerprint density at radius 3 is 2.36 bits per heavy atom. The van der Waals surface area contributed by atoms with Crippen molar-refractivity contribution in [1.29, 1.82) is 0 Å². The molecule has 5 rings (SSSR count). The van der Waals surface area contributed by atoms with Crippen LogP contribution in [0.25, 0.3) is 0 Å². The summed E-state index contributed by atoms with van der Waals surface area (Å²) in [6, 6.07) is 26.9. The summed E-state index contributed by atoms with van der Waals surface area (Å²) in [4.78, 5) is 15.9. The van der Waals surface area contributed by atoms with Gasteiger partial charge in [-0.3, -0.25) is 9.69 Å². The van der Waals surface area contributed by atoms with E-state index in [1.807, 2.05) is 24.3 Å². The van der Waals surface area contributed by atoms with E-state index in [9.17, 15) is 4.79 Å². The van der Waals surface area contributed by atoms with Gasteiger partial charge in [0, 0.05) is 12.0 Å². The lowest BCUT2D eigenvalue weighted by Gasteiger charge is -2.33. The van der Waals surface area contributed by atoms with Gasteiger partial charge < -0.3 is 4.74 Å². The van der Waals surface area contributed by atoms with Gasteiger partial charge in [-0.05, 0) is 62.4 Å². The van der Waals surface area contributed by atoms with E-state index in [0.717, 1.165) is 54.9 Å². The number of aryl methyl sites for hydroxylation is 1. The molecule has 0 saturated carbocycles. The van der Waals surface area contributed by atoms with Crippen molar-refractivity contribution in [3.05, 3.63) is 101 Å². The van der Waals surface area contributed by atoms with Gasteiger partial charge in [0.2, 0.25) is 0 Å². The summed E-state index contributed by atoms with van der Waals surface area (Å²) < 4.78 is 5.65. The molecule has 5 heteroatoms. The molecule has 0 spiro atoms. The molecule has 1 atom stereocenters. The molecule has 1 saturated heterocycles. The lowest BCUT2D eigenvalue weighted by atomic mass is 9.90. The molecule has 3 aromatic rings. The summed E-state index contributed by atoms with van der Waals surface area (Å²) in [5.74, 6) is 1.52. The standard InChI is InChI=1S/C31H35N3O2/c1-23-12-14-26(15-13-23)28-21-29(27-10-6-7-11-30(27)36-2)34(32-28)31(35)22-33-18-16-25(17-19-33)20-24-8-4-3-5-9-24/h3-15,25,29H,16-22H2,1-2H3/t29-/m0/s1. The van der Waals surface area contributed by atoms with Crippen molar-refractivity contribution in [2.24, 2.45) is 11.0 Å². The maximum atomic E-state index is 13.6. The maximum absolute atomic E-state index is 13.6. The van der Waals surface area contributed by atoms with E-state index in [0.29, 0.717) is 18.9 Å². The normalized spacial score (nSPS) is 18.8. The minimum Gasteiger partial charge on any atom is -0.496 e. The van der Waals surface area contributed by atoms with Crippen LogP contribution in [0.15, 0.2) is 84.0 Å². The molecule has 1 fully saturated rings. The number of methoxy groups -OCH3 is 1. The number of carbonyl (C=O) groups excluding carboxylic acids is 1. The lowest BCUT2D eigenvalue weighted by Crippen LogP contribution is -2.42. The Hall–Kier alpha value is -3.44. The molecule has 186 valence electrons. The molecule has 0 N–H and O–H groups in total. The molecule has 2 aliphatic rings. The van der Waals surface area contributed by atoms with E-state index in [1.54, 1.807) is 12.1 Å². The fourth-order valence-corrected chi connectivity index (χ4v) is 5.40. The zero-order valence-electron chi connectivity index (χ0n) is 21.3. The number of likely N-dealkylation sites (tertiary alicyclic amines) is 1. The van der Waals surface area contributed by atoms with Crippen LogP contribution in [0.1, 0.15) is 47.6 Å². The summed E-state index contributed by atoms with van der Waals surface area (Å²) in [5, 5.41) is 6.59. The first-order valence-electron chi connectivity index (χ1n) is 13.0. The topological polar surface area (TPSA) is 45.1 Å². The molecule has 36 heavy (non-hydrogen) atoms. The van der Waals surface area contributed by atoms with E-state index < -0.39 is 0 Å². The largest absolute Gasteiger partial charge is 0.496 e. The Bertz CT molecular complexity index is 1200. The van der Waals surface area contributed by atoms with Gasteiger partial charge in [0.25, 0.3) is 5.91 Å².